The minimum absolute atomic E-state index is 0.0170. The Kier molecular flexibility index (Phi) is 6.46. The SMILES string of the molecule is CCOCc1c(-c2cc3cc(OC)cc(OC)c3s2)c2c(N)ncnn2c1CN1CCNC(=O)C1. The van der Waals surface area contributed by atoms with Crippen LogP contribution in [-0.2, 0) is 22.7 Å². The topological polar surface area (TPSA) is 116 Å². The average Bonchev–Trinajstić information content (AvgIpc) is 3.41. The highest BCUT2D eigenvalue weighted by Gasteiger charge is 2.27. The summed E-state index contributed by atoms with van der Waals surface area (Å²) in [5.41, 5.74) is 10.0. The van der Waals surface area contributed by atoms with E-state index in [4.69, 9.17) is 19.9 Å². The van der Waals surface area contributed by atoms with Gasteiger partial charge in [0.25, 0.3) is 0 Å². The van der Waals surface area contributed by atoms with Gasteiger partial charge in [-0.15, -0.1) is 11.3 Å². The zero-order valence-electron chi connectivity index (χ0n) is 20.0. The number of carbonyl (C=O) groups is 1. The molecule has 3 N–H and O–H groups in total. The van der Waals surface area contributed by atoms with Gasteiger partial charge in [0.2, 0.25) is 5.91 Å². The van der Waals surface area contributed by atoms with Crippen LogP contribution in [0.25, 0.3) is 26.0 Å². The molecular weight excluding hydrogens is 468 g/mol. The van der Waals surface area contributed by atoms with E-state index in [2.05, 4.69) is 26.4 Å². The third-order valence-electron chi connectivity index (χ3n) is 6.16. The normalized spacial score (nSPS) is 14.5. The fourth-order valence-corrected chi connectivity index (χ4v) is 5.74. The Balaban J connectivity index is 1.73. The Labute approximate surface area is 206 Å². The molecule has 4 aromatic rings. The minimum atomic E-state index is 0.0170. The number of aromatic nitrogens is 3. The maximum Gasteiger partial charge on any atom is 0.234 e. The smallest absolute Gasteiger partial charge is 0.234 e. The van der Waals surface area contributed by atoms with E-state index < -0.39 is 0 Å². The van der Waals surface area contributed by atoms with E-state index in [9.17, 15) is 4.79 Å². The van der Waals surface area contributed by atoms with Crippen LogP contribution >= 0.6 is 11.3 Å². The maximum absolute atomic E-state index is 12.0. The maximum atomic E-state index is 12.0. The largest absolute Gasteiger partial charge is 0.497 e. The van der Waals surface area contributed by atoms with Crippen molar-refractivity contribution in [3.63, 3.8) is 0 Å². The van der Waals surface area contributed by atoms with E-state index in [1.807, 2.05) is 23.6 Å². The molecule has 0 spiro atoms. The number of hydrogen-bond acceptors (Lipinski definition) is 9. The number of thiophene rings is 1. The number of anilines is 1. The first kappa shape index (κ1) is 23.3. The van der Waals surface area contributed by atoms with Gasteiger partial charge in [0, 0.05) is 53.7 Å². The molecule has 184 valence electrons. The first-order chi connectivity index (χ1) is 17.0. The van der Waals surface area contributed by atoms with Crippen LogP contribution in [-0.4, -0.2) is 65.9 Å². The van der Waals surface area contributed by atoms with Gasteiger partial charge in [-0.05, 0) is 19.1 Å². The molecule has 35 heavy (non-hydrogen) atoms. The molecule has 1 amide bonds. The molecule has 0 radical (unpaired) electrons. The van der Waals surface area contributed by atoms with Crippen molar-refractivity contribution < 1.29 is 19.0 Å². The standard InChI is InChI=1S/C24H28N6O4S/c1-4-34-12-16-17(10-29-6-5-26-20(31)11-29)30-22(24(25)27-13-28-30)21(16)19-8-14-7-15(32-2)9-18(33-3)23(14)35-19/h7-9,13H,4-6,10-12H2,1-3H3,(H,26,31)(H2,25,27,28). The van der Waals surface area contributed by atoms with E-state index in [-0.39, 0.29) is 5.91 Å². The molecule has 5 rings (SSSR count). The minimum Gasteiger partial charge on any atom is -0.497 e. The second-order valence-corrected chi connectivity index (χ2v) is 9.31. The van der Waals surface area contributed by atoms with Crippen LogP contribution in [0.5, 0.6) is 11.5 Å². The summed E-state index contributed by atoms with van der Waals surface area (Å²) in [6.45, 7) is 5.16. The molecule has 1 aromatic carbocycles. The van der Waals surface area contributed by atoms with Crippen molar-refractivity contribution in [3.05, 3.63) is 35.8 Å². The van der Waals surface area contributed by atoms with Crippen molar-refractivity contribution in [1.82, 2.24) is 24.8 Å². The summed E-state index contributed by atoms with van der Waals surface area (Å²) in [6, 6.07) is 5.98. The number of benzene rings is 1. The van der Waals surface area contributed by atoms with Gasteiger partial charge in [-0.1, -0.05) is 0 Å². The van der Waals surface area contributed by atoms with Gasteiger partial charge in [-0.2, -0.15) is 5.10 Å². The van der Waals surface area contributed by atoms with E-state index >= 15 is 0 Å². The van der Waals surface area contributed by atoms with Crippen molar-refractivity contribution in [3.8, 4) is 21.9 Å². The number of carbonyl (C=O) groups excluding carboxylic acids is 1. The van der Waals surface area contributed by atoms with Gasteiger partial charge in [-0.25, -0.2) is 9.50 Å². The fourth-order valence-electron chi connectivity index (χ4n) is 4.53. The summed E-state index contributed by atoms with van der Waals surface area (Å²) in [5.74, 6) is 1.87. The molecular formula is C24H28N6O4S. The number of amides is 1. The highest BCUT2D eigenvalue weighted by atomic mass is 32.1. The van der Waals surface area contributed by atoms with Crippen molar-refractivity contribution >= 4 is 38.7 Å². The number of piperazine rings is 1. The quantitative estimate of drug-likeness (QED) is 0.383. The molecule has 4 heterocycles. The second-order valence-electron chi connectivity index (χ2n) is 8.26. The van der Waals surface area contributed by atoms with Crippen LogP contribution in [0.4, 0.5) is 5.82 Å². The lowest BCUT2D eigenvalue weighted by Gasteiger charge is -2.26. The number of nitrogens with one attached hydrogen (secondary N) is 1. The Morgan fingerprint density at radius 1 is 1.23 bits per heavy atom. The summed E-state index contributed by atoms with van der Waals surface area (Å²) in [7, 11) is 3.29. The lowest BCUT2D eigenvalue weighted by Crippen LogP contribution is -2.47. The highest BCUT2D eigenvalue weighted by Crippen LogP contribution is 2.45. The molecule has 3 aromatic heterocycles. The lowest BCUT2D eigenvalue weighted by molar-refractivity contribution is -0.124. The number of ether oxygens (including phenoxy) is 3. The van der Waals surface area contributed by atoms with Gasteiger partial charge >= 0.3 is 0 Å². The Bertz CT molecular complexity index is 1400. The molecule has 0 unspecified atom stereocenters. The molecule has 1 fully saturated rings. The third-order valence-corrected chi connectivity index (χ3v) is 7.34. The molecule has 1 aliphatic rings. The Hall–Kier alpha value is -3.41. The van der Waals surface area contributed by atoms with Gasteiger partial charge in [0.05, 0.1) is 37.8 Å². The van der Waals surface area contributed by atoms with Crippen LogP contribution in [0, 0.1) is 0 Å². The summed E-state index contributed by atoms with van der Waals surface area (Å²) < 4.78 is 19.9. The second kappa shape index (κ2) is 9.68. The van der Waals surface area contributed by atoms with Gasteiger partial charge in [-0.3, -0.25) is 9.69 Å². The predicted molar refractivity (Wildman–Crippen MR) is 135 cm³/mol. The highest BCUT2D eigenvalue weighted by molar-refractivity contribution is 7.22. The molecule has 0 bridgehead atoms. The van der Waals surface area contributed by atoms with Crippen LogP contribution in [0.3, 0.4) is 0 Å². The van der Waals surface area contributed by atoms with Crippen LogP contribution in [0.2, 0.25) is 0 Å². The van der Waals surface area contributed by atoms with Gasteiger partial charge in [0.1, 0.15) is 23.3 Å². The number of fused-ring (bicyclic) bond motifs is 2. The number of nitrogens with two attached hydrogens (primary N) is 1. The summed E-state index contributed by atoms with van der Waals surface area (Å²) in [4.78, 5) is 19.4. The molecule has 10 nitrogen and oxygen atoms in total. The molecule has 0 atom stereocenters. The van der Waals surface area contributed by atoms with Crippen LogP contribution in [0.15, 0.2) is 24.5 Å². The third kappa shape index (κ3) is 4.26. The number of hydrogen-bond donors (Lipinski definition) is 2. The number of nitrogen functional groups attached to an aromatic ring is 1. The molecule has 1 saturated heterocycles. The molecule has 1 aliphatic heterocycles. The first-order valence-electron chi connectivity index (χ1n) is 11.4. The number of methoxy groups -OCH3 is 2. The number of nitrogens with zero attached hydrogens (tertiary/aromatic N) is 4. The van der Waals surface area contributed by atoms with Crippen LogP contribution < -0.4 is 20.5 Å². The van der Waals surface area contributed by atoms with E-state index in [1.54, 1.807) is 25.6 Å². The first-order valence-corrected chi connectivity index (χ1v) is 12.2. The van der Waals surface area contributed by atoms with Crippen molar-refractivity contribution in [2.45, 2.75) is 20.1 Å². The van der Waals surface area contributed by atoms with Crippen molar-refractivity contribution in [1.29, 1.82) is 0 Å². The molecule has 0 saturated carbocycles. The monoisotopic (exact) mass is 496 g/mol. The summed E-state index contributed by atoms with van der Waals surface area (Å²) in [5, 5.41) is 8.45. The summed E-state index contributed by atoms with van der Waals surface area (Å²) >= 11 is 1.61. The van der Waals surface area contributed by atoms with E-state index in [0.717, 1.165) is 55.3 Å². The fraction of sp³-hybridized carbons (Fsp3) is 0.375. The number of rotatable bonds is 8. The van der Waals surface area contributed by atoms with Crippen molar-refractivity contribution in [2.24, 2.45) is 0 Å². The predicted octanol–water partition coefficient (Wildman–Crippen LogP) is 2.68. The van der Waals surface area contributed by atoms with E-state index in [0.29, 0.717) is 38.7 Å². The zero-order chi connectivity index (χ0) is 24.5. The Morgan fingerprint density at radius 3 is 2.83 bits per heavy atom. The molecule has 11 heteroatoms. The van der Waals surface area contributed by atoms with E-state index in [1.165, 1.54) is 6.33 Å². The zero-order valence-corrected chi connectivity index (χ0v) is 20.8. The van der Waals surface area contributed by atoms with Crippen LogP contribution in [0.1, 0.15) is 18.2 Å². The average molecular weight is 497 g/mol. The molecule has 0 aliphatic carbocycles. The summed E-state index contributed by atoms with van der Waals surface area (Å²) in [6.07, 6.45) is 1.46. The lowest BCUT2D eigenvalue weighted by atomic mass is 10.1. The van der Waals surface area contributed by atoms with Crippen molar-refractivity contribution in [2.75, 3.05) is 46.2 Å². The Morgan fingerprint density at radius 2 is 2.09 bits per heavy atom. The van der Waals surface area contributed by atoms with Gasteiger partial charge in [0.15, 0.2) is 5.82 Å². The van der Waals surface area contributed by atoms with Gasteiger partial charge < -0.3 is 25.3 Å².